The molecule has 108 valence electrons. The summed E-state index contributed by atoms with van der Waals surface area (Å²) in [7, 11) is 0. The molecule has 1 N–H and O–H groups in total. The van der Waals surface area contributed by atoms with Crippen molar-refractivity contribution in [2.45, 2.75) is 43.9 Å². The van der Waals surface area contributed by atoms with E-state index in [0.717, 1.165) is 37.8 Å². The molecular weight excluding hydrogens is 267 g/mol. The molecule has 2 unspecified atom stereocenters. The molecule has 0 saturated carbocycles. The SMILES string of the molecule is O=C(c1ccc(C(F)(F)F)cc1)C1CC2CCC(C1)N2. The lowest BCUT2D eigenvalue weighted by atomic mass is 9.86. The van der Waals surface area contributed by atoms with Crippen LogP contribution in [0.2, 0.25) is 0 Å². The zero-order valence-electron chi connectivity index (χ0n) is 10.9. The fraction of sp³-hybridized carbons (Fsp3) is 0.533. The Morgan fingerprint density at radius 3 is 2.10 bits per heavy atom. The lowest BCUT2D eigenvalue weighted by Crippen LogP contribution is -2.40. The molecule has 1 aromatic carbocycles. The van der Waals surface area contributed by atoms with Crippen LogP contribution in [0.5, 0.6) is 0 Å². The maximum atomic E-state index is 12.5. The van der Waals surface area contributed by atoms with Crippen molar-refractivity contribution in [3.8, 4) is 0 Å². The maximum Gasteiger partial charge on any atom is 0.416 e. The van der Waals surface area contributed by atoms with Gasteiger partial charge in [-0.2, -0.15) is 13.2 Å². The smallest absolute Gasteiger partial charge is 0.311 e. The van der Waals surface area contributed by atoms with E-state index in [1.54, 1.807) is 0 Å². The third-order valence-electron chi connectivity index (χ3n) is 4.34. The fourth-order valence-corrected chi connectivity index (χ4v) is 3.33. The monoisotopic (exact) mass is 283 g/mol. The summed E-state index contributed by atoms with van der Waals surface area (Å²) in [4.78, 5) is 12.4. The van der Waals surface area contributed by atoms with Gasteiger partial charge in [-0.3, -0.25) is 4.79 Å². The first-order valence-corrected chi connectivity index (χ1v) is 6.91. The lowest BCUT2D eigenvalue weighted by molar-refractivity contribution is -0.137. The van der Waals surface area contributed by atoms with Gasteiger partial charge in [-0.15, -0.1) is 0 Å². The Bertz CT molecular complexity index is 497. The average Bonchev–Trinajstić information content (AvgIpc) is 2.76. The average molecular weight is 283 g/mol. The topological polar surface area (TPSA) is 29.1 Å². The summed E-state index contributed by atoms with van der Waals surface area (Å²) in [5.41, 5.74) is -0.316. The molecule has 2 fully saturated rings. The van der Waals surface area contributed by atoms with E-state index in [4.69, 9.17) is 0 Å². The number of alkyl halides is 3. The minimum Gasteiger partial charge on any atom is -0.311 e. The van der Waals surface area contributed by atoms with Gasteiger partial charge in [0.05, 0.1) is 5.56 Å². The summed E-state index contributed by atoms with van der Waals surface area (Å²) >= 11 is 0. The van der Waals surface area contributed by atoms with Crippen molar-refractivity contribution in [3.05, 3.63) is 35.4 Å². The van der Waals surface area contributed by atoms with E-state index in [2.05, 4.69) is 5.32 Å². The van der Waals surface area contributed by atoms with Gasteiger partial charge in [-0.05, 0) is 37.8 Å². The van der Waals surface area contributed by atoms with E-state index in [-0.39, 0.29) is 11.7 Å². The van der Waals surface area contributed by atoms with Crippen LogP contribution in [0.3, 0.4) is 0 Å². The van der Waals surface area contributed by atoms with Gasteiger partial charge < -0.3 is 5.32 Å². The Kier molecular flexibility index (Phi) is 3.32. The number of halogens is 3. The predicted molar refractivity (Wildman–Crippen MR) is 68.4 cm³/mol. The Labute approximate surface area is 115 Å². The number of fused-ring (bicyclic) bond motifs is 2. The van der Waals surface area contributed by atoms with Crippen molar-refractivity contribution in [2.75, 3.05) is 0 Å². The molecule has 0 spiro atoms. The van der Waals surface area contributed by atoms with Crippen molar-refractivity contribution in [3.63, 3.8) is 0 Å². The molecule has 0 aromatic heterocycles. The molecule has 5 heteroatoms. The third kappa shape index (κ3) is 2.59. The Morgan fingerprint density at radius 1 is 1.05 bits per heavy atom. The molecule has 3 rings (SSSR count). The standard InChI is InChI=1S/C15H16F3NO/c16-15(17,18)11-3-1-9(2-4-11)14(20)10-7-12-5-6-13(8-10)19-12/h1-4,10,12-13,19H,5-8H2. The van der Waals surface area contributed by atoms with E-state index >= 15 is 0 Å². The first kappa shape index (κ1) is 13.6. The number of hydrogen-bond acceptors (Lipinski definition) is 2. The number of Topliss-reactive ketones (excluding diaryl/α,β-unsaturated/α-hetero) is 1. The maximum absolute atomic E-state index is 12.5. The van der Waals surface area contributed by atoms with Gasteiger partial charge in [0, 0.05) is 23.6 Å². The lowest BCUT2D eigenvalue weighted by Gasteiger charge is -2.28. The van der Waals surface area contributed by atoms with Crippen LogP contribution in [0.25, 0.3) is 0 Å². The summed E-state index contributed by atoms with van der Waals surface area (Å²) in [5, 5.41) is 3.45. The second-order valence-electron chi connectivity index (χ2n) is 5.75. The summed E-state index contributed by atoms with van der Waals surface area (Å²) in [6.07, 6.45) is -0.551. The zero-order valence-corrected chi connectivity index (χ0v) is 10.9. The van der Waals surface area contributed by atoms with Crippen LogP contribution in [-0.2, 0) is 6.18 Å². The molecular formula is C15H16F3NO. The predicted octanol–water partition coefficient (Wildman–Crippen LogP) is 3.42. The van der Waals surface area contributed by atoms with Crippen LogP contribution in [0.4, 0.5) is 13.2 Å². The highest BCUT2D eigenvalue weighted by Gasteiger charge is 2.37. The largest absolute Gasteiger partial charge is 0.416 e. The molecule has 0 radical (unpaired) electrons. The summed E-state index contributed by atoms with van der Waals surface area (Å²) in [6.45, 7) is 0. The summed E-state index contributed by atoms with van der Waals surface area (Å²) in [5.74, 6) is -0.0670. The van der Waals surface area contributed by atoms with Gasteiger partial charge in [-0.25, -0.2) is 0 Å². The molecule has 2 aliphatic rings. The molecule has 2 bridgehead atoms. The number of ketones is 1. The fourth-order valence-electron chi connectivity index (χ4n) is 3.33. The highest BCUT2D eigenvalue weighted by molar-refractivity contribution is 5.98. The number of piperidine rings is 1. The second kappa shape index (κ2) is 4.88. The van der Waals surface area contributed by atoms with E-state index < -0.39 is 11.7 Å². The molecule has 20 heavy (non-hydrogen) atoms. The molecule has 2 heterocycles. The van der Waals surface area contributed by atoms with Crippen LogP contribution < -0.4 is 5.32 Å². The van der Waals surface area contributed by atoms with Gasteiger partial charge in [0.1, 0.15) is 0 Å². The van der Waals surface area contributed by atoms with Gasteiger partial charge >= 0.3 is 6.18 Å². The summed E-state index contributed by atoms with van der Waals surface area (Å²) in [6, 6.07) is 5.38. The number of hydrogen-bond donors (Lipinski definition) is 1. The highest BCUT2D eigenvalue weighted by Crippen LogP contribution is 2.34. The van der Waals surface area contributed by atoms with E-state index in [1.807, 2.05) is 0 Å². The number of carbonyl (C=O) groups is 1. The summed E-state index contributed by atoms with van der Waals surface area (Å²) < 4.78 is 37.5. The van der Waals surface area contributed by atoms with Gasteiger partial charge in [0.2, 0.25) is 0 Å². The first-order chi connectivity index (χ1) is 9.43. The van der Waals surface area contributed by atoms with Crippen LogP contribution in [0.15, 0.2) is 24.3 Å². The van der Waals surface area contributed by atoms with Crippen molar-refractivity contribution < 1.29 is 18.0 Å². The molecule has 0 aliphatic carbocycles. The molecule has 0 amide bonds. The third-order valence-corrected chi connectivity index (χ3v) is 4.34. The Morgan fingerprint density at radius 2 is 1.60 bits per heavy atom. The zero-order chi connectivity index (χ0) is 14.3. The molecule has 2 nitrogen and oxygen atoms in total. The first-order valence-electron chi connectivity index (χ1n) is 6.91. The highest BCUT2D eigenvalue weighted by atomic mass is 19.4. The van der Waals surface area contributed by atoms with E-state index in [1.165, 1.54) is 12.1 Å². The van der Waals surface area contributed by atoms with Gasteiger partial charge in [-0.1, -0.05) is 12.1 Å². The van der Waals surface area contributed by atoms with Crippen LogP contribution in [0, 0.1) is 5.92 Å². The van der Waals surface area contributed by atoms with Crippen molar-refractivity contribution in [2.24, 2.45) is 5.92 Å². The van der Waals surface area contributed by atoms with E-state index in [9.17, 15) is 18.0 Å². The van der Waals surface area contributed by atoms with Crippen LogP contribution in [0.1, 0.15) is 41.6 Å². The quantitative estimate of drug-likeness (QED) is 0.843. The van der Waals surface area contributed by atoms with E-state index in [0.29, 0.717) is 17.6 Å². The van der Waals surface area contributed by atoms with Crippen LogP contribution in [-0.4, -0.2) is 17.9 Å². The van der Waals surface area contributed by atoms with Crippen molar-refractivity contribution in [1.29, 1.82) is 0 Å². The molecule has 1 aromatic rings. The van der Waals surface area contributed by atoms with Gasteiger partial charge in [0.15, 0.2) is 5.78 Å². The second-order valence-corrected chi connectivity index (χ2v) is 5.75. The molecule has 2 saturated heterocycles. The minimum atomic E-state index is -4.35. The van der Waals surface area contributed by atoms with Gasteiger partial charge in [0.25, 0.3) is 0 Å². The molecule has 2 aliphatic heterocycles. The number of benzene rings is 1. The number of rotatable bonds is 2. The van der Waals surface area contributed by atoms with Crippen molar-refractivity contribution in [1.82, 2.24) is 5.32 Å². The number of nitrogens with one attached hydrogen (secondary N) is 1. The Hall–Kier alpha value is -1.36. The van der Waals surface area contributed by atoms with Crippen molar-refractivity contribution >= 4 is 5.78 Å². The minimum absolute atomic E-state index is 0.0166. The normalized spacial score (nSPS) is 29.4. The number of carbonyl (C=O) groups excluding carboxylic acids is 1. The Balaban J connectivity index is 1.74. The molecule has 2 atom stereocenters. The van der Waals surface area contributed by atoms with Crippen LogP contribution >= 0.6 is 0 Å².